The summed E-state index contributed by atoms with van der Waals surface area (Å²) in [6.45, 7) is 14.3. The molecule has 2 nitrogen and oxygen atoms in total. The lowest BCUT2D eigenvalue weighted by Gasteiger charge is -2.33. The summed E-state index contributed by atoms with van der Waals surface area (Å²) in [7, 11) is 0. The highest BCUT2D eigenvalue weighted by atomic mass is 35.5. The second-order valence-corrected chi connectivity index (χ2v) is 6.32. The molecule has 1 heterocycles. The Kier molecular flexibility index (Phi) is 8.85. The van der Waals surface area contributed by atoms with Gasteiger partial charge in [0.1, 0.15) is 0 Å². The van der Waals surface area contributed by atoms with Crippen molar-refractivity contribution in [2.75, 3.05) is 17.2 Å². The second-order valence-electron chi connectivity index (χ2n) is 5.88. The molecule has 1 aliphatic rings. The lowest BCUT2D eigenvalue weighted by Crippen LogP contribution is -2.29. The Hall–Kier alpha value is -1.67. The van der Waals surface area contributed by atoms with Gasteiger partial charge >= 0.3 is 0 Å². The number of anilines is 2. The van der Waals surface area contributed by atoms with Crippen molar-refractivity contribution in [2.24, 2.45) is 0 Å². The van der Waals surface area contributed by atoms with Crippen LogP contribution in [0.2, 0.25) is 5.02 Å². The zero-order valence-electron chi connectivity index (χ0n) is 16.6. The molecule has 2 aromatic rings. The molecule has 0 atom stereocenters. The molecule has 25 heavy (non-hydrogen) atoms. The Morgan fingerprint density at radius 3 is 2.24 bits per heavy atom. The molecule has 138 valence electrons. The van der Waals surface area contributed by atoms with E-state index in [4.69, 9.17) is 17.3 Å². The van der Waals surface area contributed by atoms with Crippen molar-refractivity contribution in [3.05, 3.63) is 57.6 Å². The van der Waals surface area contributed by atoms with E-state index in [9.17, 15) is 0 Å². The van der Waals surface area contributed by atoms with E-state index in [1.54, 1.807) is 0 Å². The Morgan fingerprint density at radius 1 is 1.04 bits per heavy atom. The van der Waals surface area contributed by atoms with Crippen molar-refractivity contribution in [3.8, 4) is 0 Å². The maximum Gasteiger partial charge on any atom is 0.0429 e. The number of hydrogen-bond donors (Lipinski definition) is 1. The van der Waals surface area contributed by atoms with Crippen LogP contribution in [0.1, 0.15) is 56.4 Å². The average molecular weight is 361 g/mol. The minimum atomic E-state index is 0.789. The Labute approximate surface area is 159 Å². The average Bonchev–Trinajstić information content (AvgIpc) is 2.66. The molecule has 0 unspecified atom stereocenters. The van der Waals surface area contributed by atoms with Gasteiger partial charge in [-0.05, 0) is 67.1 Å². The molecule has 0 spiro atoms. The van der Waals surface area contributed by atoms with Crippen molar-refractivity contribution in [2.45, 2.75) is 60.9 Å². The molecule has 3 rings (SSSR count). The first-order chi connectivity index (χ1) is 12.1. The fraction of sp³-hybridized carbons (Fsp3) is 0.455. The van der Waals surface area contributed by atoms with Crippen LogP contribution < -0.4 is 10.6 Å². The summed E-state index contributed by atoms with van der Waals surface area (Å²) in [5.74, 6) is 0. The molecule has 2 aromatic carbocycles. The minimum Gasteiger partial charge on any atom is -0.398 e. The van der Waals surface area contributed by atoms with E-state index in [0.717, 1.165) is 30.2 Å². The molecule has 0 aromatic heterocycles. The van der Waals surface area contributed by atoms with Gasteiger partial charge in [0.05, 0.1) is 0 Å². The molecule has 0 saturated carbocycles. The summed E-state index contributed by atoms with van der Waals surface area (Å²) in [6, 6.07) is 10.4. The molecule has 0 radical (unpaired) electrons. The molecule has 0 saturated heterocycles. The maximum atomic E-state index is 6.19. The zero-order chi connectivity index (χ0) is 19.0. The summed E-state index contributed by atoms with van der Waals surface area (Å²) in [5, 5.41) is 0.789. The Balaban J connectivity index is 0.000000730. The molecular weight excluding hydrogens is 328 g/mol. The number of nitrogen functional groups attached to an aromatic ring is 1. The van der Waals surface area contributed by atoms with Crippen LogP contribution in [-0.2, 0) is 13.0 Å². The standard InChI is InChI=1S/C18H21ClN2.2C2H6/c1-12-10-17-16(13(2)18(12)20)4-3-9-21(17)11-14-5-7-15(19)8-6-14;2*1-2/h5-8,10H,3-4,9,11,20H2,1-2H3;2*1-2H3. The number of fused-ring (bicyclic) bond motifs is 1. The van der Waals surface area contributed by atoms with Gasteiger partial charge in [0.25, 0.3) is 0 Å². The largest absolute Gasteiger partial charge is 0.398 e. The van der Waals surface area contributed by atoms with Gasteiger partial charge in [-0.1, -0.05) is 51.4 Å². The summed E-state index contributed by atoms with van der Waals surface area (Å²) in [6.07, 6.45) is 2.31. The van der Waals surface area contributed by atoms with E-state index < -0.39 is 0 Å². The van der Waals surface area contributed by atoms with Gasteiger partial charge < -0.3 is 10.6 Å². The first-order valence-corrected chi connectivity index (χ1v) is 9.82. The van der Waals surface area contributed by atoms with Gasteiger partial charge in [-0.25, -0.2) is 0 Å². The number of hydrogen-bond acceptors (Lipinski definition) is 2. The SMILES string of the molecule is CC.CC.Cc1cc2c(c(C)c1N)CCCN2Cc1ccc(Cl)cc1. The smallest absolute Gasteiger partial charge is 0.0429 e. The van der Waals surface area contributed by atoms with Crippen LogP contribution in [0.3, 0.4) is 0 Å². The predicted octanol–water partition coefficient (Wildman–Crippen LogP) is 6.54. The molecule has 1 aliphatic heterocycles. The fourth-order valence-corrected chi connectivity index (χ4v) is 3.29. The Bertz CT molecular complexity index is 663. The van der Waals surface area contributed by atoms with Crippen molar-refractivity contribution >= 4 is 23.0 Å². The highest BCUT2D eigenvalue weighted by Crippen LogP contribution is 2.35. The third kappa shape index (κ3) is 5.15. The van der Waals surface area contributed by atoms with Crippen LogP contribution >= 0.6 is 11.6 Å². The predicted molar refractivity (Wildman–Crippen MR) is 114 cm³/mol. The topological polar surface area (TPSA) is 29.3 Å². The van der Waals surface area contributed by atoms with Gasteiger partial charge in [-0.2, -0.15) is 0 Å². The van der Waals surface area contributed by atoms with Gasteiger partial charge in [-0.15, -0.1) is 0 Å². The molecule has 0 fully saturated rings. The number of benzene rings is 2. The van der Waals surface area contributed by atoms with Crippen LogP contribution in [0.25, 0.3) is 0 Å². The number of aryl methyl sites for hydroxylation is 1. The molecule has 0 aliphatic carbocycles. The molecule has 2 N–H and O–H groups in total. The minimum absolute atomic E-state index is 0.789. The highest BCUT2D eigenvalue weighted by molar-refractivity contribution is 6.30. The van der Waals surface area contributed by atoms with E-state index in [0.29, 0.717) is 0 Å². The third-order valence-electron chi connectivity index (χ3n) is 4.43. The van der Waals surface area contributed by atoms with Gasteiger partial charge in [0, 0.05) is 29.5 Å². The highest BCUT2D eigenvalue weighted by Gasteiger charge is 2.20. The van der Waals surface area contributed by atoms with Crippen LogP contribution in [-0.4, -0.2) is 6.54 Å². The van der Waals surface area contributed by atoms with Gasteiger partial charge in [0.2, 0.25) is 0 Å². The monoisotopic (exact) mass is 360 g/mol. The lowest BCUT2D eigenvalue weighted by molar-refractivity contribution is 0.688. The number of nitrogens with two attached hydrogens (primary N) is 1. The second kappa shape index (κ2) is 10.4. The van der Waals surface area contributed by atoms with Crippen LogP contribution in [0.5, 0.6) is 0 Å². The summed E-state index contributed by atoms with van der Waals surface area (Å²) in [5.41, 5.74) is 13.6. The first-order valence-electron chi connectivity index (χ1n) is 9.44. The van der Waals surface area contributed by atoms with Crippen LogP contribution in [0.4, 0.5) is 11.4 Å². The van der Waals surface area contributed by atoms with E-state index in [1.165, 1.54) is 34.4 Å². The summed E-state index contributed by atoms with van der Waals surface area (Å²) < 4.78 is 0. The zero-order valence-corrected chi connectivity index (χ0v) is 17.4. The normalized spacial score (nSPS) is 12.4. The lowest BCUT2D eigenvalue weighted by atomic mass is 9.93. The number of rotatable bonds is 2. The van der Waals surface area contributed by atoms with Crippen molar-refractivity contribution < 1.29 is 0 Å². The van der Waals surface area contributed by atoms with E-state index in [2.05, 4.69) is 36.9 Å². The van der Waals surface area contributed by atoms with E-state index in [-0.39, 0.29) is 0 Å². The van der Waals surface area contributed by atoms with Crippen molar-refractivity contribution in [1.29, 1.82) is 0 Å². The number of nitrogens with zero attached hydrogens (tertiary/aromatic N) is 1. The molecule has 3 heteroatoms. The van der Waals surface area contributed by atoms with Crippen molar-refractivity contribution in [1.82, 2.24) is 0 Å². The molecular formula is C22H33ClN2. The fourth-order valence-electron chi connectivity index (χ4n) is 3.16. The van der Waals surface area contributed by atoms with E-state index >= 15 is 0 Å². The quantitative estimate of drug-likeness (QED) is 0.615. The maximum absolute atomic E-state index is 6.19. The van der Waals surface area contributed by atoms with Gasteiger partial charge in [-0.3, -0.25) is 0 Å². The Morgan fingerprint density at radius 2 is 1.64 bits per heavy atom. The summed E-state index contributed by atoms with van der Waals surface area (Å²) >= 11 is 5.97. The molecule has 0 amide bonds. The first kappa shape index (κ1) is 21.4. The third-order valence-corrected chi connectivity index (χ3v) is 4.68. The van der Waals surface area contributed by atoms with Gasteiger partial charge in [0.15, 0.2) is 0 Å². The van der Waals surface area contributed by atoms with E-state index in [1.807, 2.05) is 39.8 Å². The van der Waals surface area contributed by atoms with Crippen LogP contribution in [0.15, 0.2) is 30.3 Å². The number of halogens is 1. The van der Waals surface area contributed by atoms with Crippen LogP contribution in [0, 0.1) is 13.8 Å². The molecule has 0 bridgehead atoms. The summed E-state index contributed by atoms with van der Waals surface area (Å²) in [4.78, 5) is 2.46. The van der Waals surface area contributed by atoms with Crippen molar-refractivity contribution in [3.63, 3.8) is 0 Å².